The molecule has 1 aliphatic heterocycles. The maximum atomic E-state index is 12.4. The van der Waals surface area contributed by atoms with E-state index in [1.165, 1.54) is 57.6 Å². The first kappa shape index (κ1) is 23.6. The summed E-state index contributed by atoms with van der Waals surface area (Å²) in [4.78, 5) is 25.1. The first-order chi connectivity index (χ1) is 15.1. The van der Waals surface area contributed by atoms with Crippen molar-refractivity contribution in [2.45, 2.75) is 96.0 Å². The third kappa shape index (κ3) is 6.44. The molecule has 0 aliphatic carbocycles. The second-order valence-electron chi connectivity index (χ2n) is 8.31. The Balaban J connectivity index is 1.47. The molecule has 0 aromatic carbocycles. The number of unbranched alkanes of at least 4 members (excludes halogenated alkanes) is 8. The van der Waals surface area contributed by atoms with Gasteiger partial charge in [-0.05, 0) is 6.42 Å². The van der Waals surface area contributed by atoms with Crippen LogP contribution in [0.15, 0.2) is 12.7 Å². The Bertz CT molecular complexity index is 827. The van der Waals surface area contributed by atoms with Crippen LogP contribution in [0.4, 0.5) is 5.82 Å². The summed E-state index contributed by atoms with van der Waals surface area (Å²) in [5.41, 5.74) is 0.919. The smallest absolute Gasteiger partial charge is 0.225 e. The second kappa shape index (κ2) is 12.1. The number of imidazole rings is 1. The topological polar surface area (TPSA) is 122 Å². The lowest BCUT2D eigenvalue weighted by Crippen LogP contribution is -2.19. The molecule has 1 aliphatic rings. The van der Waals surface area contributed by atoms with Crippen LogP contribution in [0.1, 0.15) is 83.8 Å². The molecule has 1 amide bonds. The summed E-state index contributed by atoms with van der Waals surface area (Å²) >= 11 is 0. The molecule has 31 heavy (non-hydrogen) atoms. The van der Waals surface area contributed by atoms with Gasteiger partial charge in [-0.2, -0.15) is 0 Å². The monoisotopic (exact) mass is 433 g/mol. The highest BCUT2D eigenvalue weighted by Crippen LogP contribution is 2.31. The number of hydrogen-bond acceptors (Lipinski definition) is 7. The Hall–Kier alpha value is -2.10. The number of aromatic nitrogens is 4. The number of rotatable bonds is 13. The number of aliphatic hydroxyl groups is 2. The summed E-state index contributed by atoms with van der Waals surface area (Å²) in [6.45, 7) is 2.07. The molecule has 0 bridgehead atoms. The number of fused-ring (bicyclic) bond motifs is 1. The number of aliphatic hydroxyl groups excluding tert-OH is 2. The third-order valence-electron chi connectivity index (χ3n) is 5.77. The number of hydrogen-bond donors (Lipinski definition) is 3. The number of nitrogens with one attached hydrogen (secondary N) is 1. The number of nitrogens with zero attached hydrogens (tertiary/aromatic N) is 4. The van der Waals surface area contributed by atoms with E-state index in [-0.39, 0.29) is 12.5 Å². The predicted molar refractivity (Wildman–Crippen MR) is 117 cm³/mol. The van der Waals surface area contributed by atoms with E-state index in [9.17, 15) is 15.0 Å². The molecule has 0 saturated carbocycles. The molecule has 172 valence electrons. The normalized spacial score (nSPS) is 21.1. The van der Waals surface area contributed by atoms with E-state index in [2.05, 4.69) is 27.2 Å². The van der Waals surface area contributed by atoms with E-state index < -0.39 is 18.4 Å². The van der Waals surface area contributed by atoms with Crippen molar-refractivity contribution in [2.75, 3.05) is 11.9 Å². The Labute approximate surface area is 183 Å². The van der Waals surface area contributed by atoms with E-state index >= 15 is 0 Å². The van der Waals surface area contributed by atoms with E-state index in [0.29, 0.717) is 29.8 Å². The minimum absolute atomic E-state index is 0.0880. The second-order valence-corrected chi connectivity index (χ2v) is 8.31. The van der Waals surface area contributed by atoms with E-state index in [1.807, 2.05) is 0 Å². The minimum atomic E-state index is -0.769. The molecule has 9 nitrogen and oxygen atoms in total. The fourth-order valence-corrected chi connectivity index (χ4v) is 4.02. The van der Waals surface area contributed by atoms with Crippen LogP contribution in [0, 0.1) is 0 Å². The SMILES string of the molecule is CCCCCCCCCCCC(=O)Nc1ncnc2c1ncn2[C@@H]1O[C@H](CO)C[C@@H]1O. The minimum Gasteiger partial charge on any atom is -0.394 e. The van der Waals surface area contributed by atoms with Crippen molar-refractivity contribution in [3.63, 3.8) is 0 Å². The van der Waals surface area contributed by atoms with E-state index in [4.69, 9.17) is 4.74 Å². The molecule has 3 N–H and O–H groups in total. The molecule has 0 radical (unpaired) electrons. The highest BCUT2D eigenvalue weighted by Gasteiger charge is 2.36. The van der Waals surface area contributed by atoms with Crippen LogP contribution < -0.4 is 5.32 Å². The molecular weight excluding hydrogens is 398 g/mol. The fourth-order valence-electron chi connectivity index (χ4n) is 4.02. The quantitative estimate of drug-likeness (QED) is 0.414. The van der Waals surface area contributed by atoms with E-state index in [1.54, 1.807) is 4.57 Å². The molecule has 1 saturated heterocycles. The predicted octanol–water partition coefficient (Wildman–Crippen LogP) is 3.33. The summed E-state index contributed by atoms with van der Waals surface area (Å²) in [5, 5.41) is 22.4. The van der Waals surface area contributed by atoms with Crippen LogP contribution in [-0.2, 0) is 9.53 Å². The van der Waals surface area contributed by atoms with Gasteiger partial charge < -0.3 is 20.3 Å². The lowest BCUT2D eigenvalue weighted by molar-refractivity contribution is -0.116. The summed E-state index contributed by atoms with van der Waals surface area (Å²) in [7, 11) is 0. The van der Waals surface area contributed by atoms with Crippen molar-refractivity contribution >= 4 is 22.9 Å². The summed E-state index contributed by atoms with van der Waals surface area (Å²) in [6, 6.07) is 0. The molecule has 9 heteroatoms. The van der Waals surface area contributed by atoms with Gasteiger partial charge in [0.1, 0.15) is 12.4 Å². The summed E-state index contributed by atoms with van der Waals surface area (Å²) in [5.74, 6) is 0.269. The number of anilines is 1. The Morgan fingerprint density at radius 2 is 1.84 bits per heavy atom. The Morgan fingerprint density at radius 1 is 1.13 bits per heavy atom. The lowest BCUT2D eigenvalue weighted by Gasteiger charge is -2.16. The maximum absolute atomic E-state index is 12.4. The van der Waals surface area contributed by atoms with Crippen molar-refractivity contribution in [3.05, 3.63) is 12.7 Å². The van der Waals surface area contributed by atoms with E-state index in [0.717, 1.165) is 12.8 Å². The molecule has 0 unspecified atom stereocenters. The van der Waals surface area contributed by atoms with Crippen molar-refractivity contribution in [3.8, 4) is 0 Å². The number of amides is 1. The van der Waals surface area contributed by atoms with Gasteiger partial charge in [-0.15, -0.1) is 0 Å². The molecule has 1 fully saturated rings. The van der Waals surface area contributed by atoms with Crippen LogP contribution in [0.3, 0.4) is 0 Å². The van der Waals surface area contributed by atoms with Gasteiger partial charge in [0.05, 0.1) is 19.0 Å². The van der Waals surface area contributed by atoms with Crippen LogP contribution >= 0.6 is 0 Å². The van der Waals surface area contributed by atoms with Gasteiger partial charge >= 0.3 is 0 Å². The van der Waals surface area contributed by atoms with Crippen LogP contribution in [0.25, 0.3) is 11.2 Å². The standard InChI is InChI=1S/C22H35N5O4/c1-2-3-4-5-6-7-8-9-10-11-18(30)26-20-19-21(24-14-23-20)27(15-25-19)22-17(29)12-16(13-28)31-22/h14-17,22,28-29H,2-13H2,1H3,(H,23,24,26,30)/t16-,17-,22+/m0/s1. The molecular formula is C22H35N5O4. The number of carbonyl (C=O) groups excluding carboxylic acids is 1. The summed E-state index contributed by atoms with van der Waals surface area (Å²) in [6.07, 6.45) is 12.6. The molecule has 3 rings (SSSR count). The van der Waals surface area contributed by atoms with Crippen molar-refractivity contribution in [1.82, 2.24) is 19.5 Å². The highest BCUT2D eigenvalue weighted by atomic mass is 16.5. The summed E-state index contributed by atoms with van der Waals surface area (Å²) < 4.78 is 7.30. The molecule has 3 heterocycles. The molecule has 0 spiro atoms. The number of carbonyl (C=O) groups is 1. The first-order valence-electron chi connectivity index (χ1n) is 11.6. The zero-order valence-electron chi connectivity index (χ0n) is 18.4. The maximum Gasteiger partial charge on any atom is 0.225 e. The lowest BCUT2D eigenvalue weighted by atomic mass is 10.1. The Morgan fingerprint density at radius 3 is 2.52 bits per heavy atom. The fraction of sp³-hybridized carbons (Fsp3) is 0.727. The van der Waals surface area contributed by atoms with Crippen molar-refractivity contribution in [2.24, 2.45) is 0 Å². The zero-order valence-corrected chi connectivity index (χ0v) is 18.4. The molecule has 2 aromatic heterocycles. The third-order valence-corrected chi connectivity index (χ3v) is 5.77. The van der Waals surface area contributed by atoms with Gasteiger partial charge in [-0.25, -0.2) is 15.0 Å². The largest absolute Gasteiger partial charge is 0.394 e. The van der Waals surface area contributed by atoms with Gasteiger partial charge in [-0.3, -0.25) is 9.36 Å². The average molecular weight is 434 g/mol. The first-order valence-corrected chi connectivity index (χ1v) is 11.6. The van der Waals surface area contributed by atoms with Gasteiger partial charge in [0, 0.05) is 12.8 Å². The van der Waals surface area contributed by atoms with Crippen LogP contribution in [-0.4, -0.2) is 54.5 Å². The van der Waals surface area contributed by atoms with Gasteiger partial charge in [0.2, 0.25) is 5.91 Å². The zero-order chi connectivity index (χ0) is 22.1. The van der Waals surface area contributed by atoms with Gasteiger partial charge in [0.25, 0.3) is 0 Å². The van der Waals surface area contributed by atoms with Crippen LogP contribution in [0.5, 0.6) is 0 Å². The highest BCUT2D eigenvalue weighted by molar-refractivity contribution is 5.96. The average Bonchev–Trinajstić information content (AvgIpc) is 3.36. The van der Waals surface area contributed by atoms with Gasteiger partial charge in [-0.1, -0.05) is 58.3 Å². The molecule has 3 atom stereocenters. The Kier molecular flexibility index (Phi) is 9.17. The van der Waals surface area contributed by atoms with Crippen molar-refractivity contribution < 1.29 is 19.7 Å². The van der Waals surface area contributed by atoms with Crippen molar-refractivity contribution in [1.29, 1.82) is 0 Å². The number of ether oxygens (including phenoxy) is 1. The van der Waals surface area contributed by atoms with Gasteiger partial charge in [0.15, 0.2) is 23.2 Å². The molecule has 2 aromatic rings. The van der Waals surface area contributed by atoms with Crippen LogP contribution in [0.2, 0.25) is 0 Å².